The van der Waals surface area contributed by atoms with Gasteiger partial charge in [-0.1, -0.05) is 36.4 Å². The lowest BCUT2D eigenvalue weighted by Crippen LogP contribution is -2.26. The number of amides is 1. The van der Waals surface area contributed by atoms with Gasteiger partial charge in [-0.3, -0.25) is 4.79 Å². The summed E-state index contributed by atoms with van der Waals surface area (Å²) in [4.78, 5) is 12.7. The van der Waals surface area contributed by atoms with Crippen molar-refractivity contribution < 1.29 is 19.0 Å². The van der Waals surface area contributed by atoms with Gasteiger partial charge >= 0.3 is 0 Å². The van der Waals surface area contributed by atoms with E-state index in [4.69, 9.17) is 14.2 Å². The Balaban J connectivity index is 1.73. The Bertz CT molecular complexity index is 956. The van der Waals surface area contributed by atoms with Crippen LogP contribution in [0.25, 0.3) is 0 Å². The molecular formula is C24H25NO4. The minimum atomic E-state index is -0.147. The minimum Gasteiger partial charge on any atom is -0.497 e. The molecule has 1 amide bonds. The molecule has 150 valence electrons. The predicted octanol–water partition coefficient (Wildman–Crippen LogP) is 4.77. The van der Waals surface area contributed by atoms with Crippen LogP contribution in [0.1, 0.15) is 34.5 Å². The molecule has 0 unspecified atom stereocenters. The van der Waals surface area contributed by atoms with Crippen LogP contribution < -0.4 is 19.5 Å². The molecule has 5 heteroatoms. The van der Waals surface area contributed by atoms with Crippen LogP contribution in [-0.2, 0) is 6.61 Å². The largest absolute Gasteiger partial charge is 0.497 e. The molecule has 1 N–H and O–H groups in total. The van der Waals surface area contributed by atoms with Gasteiger partial charge in [-0.25, -0.2) is 0 Å². The zero-order valence-corrected chi connectivity index (χ0v) is 16.8. The smallest absolute Gasteiger partial charge is 0.251 e. The maximum Gasteiger partial charge on any atom is 0.251 e. The SMILES string of the molecule is COc1cccc(OCc2cc(C(=O)N[C@@H](C)c3ccccc3)ccc2OC)c1. The van der Waals surface area contributed by atoms with E-state index in [0.29, 0.717) is 17.1 Å². The van der Waals surface area contributed by atoms with E-state index in [1.165, 1.54) is 0 Å². The average molecular weight is 391 g/mol. The normalized spacial score (nSPS) is 11.4. The molecule has 0 saturated carbocycles. The molecule has 0 fully saturated rings. The molecule has 0 saturated heterocycles. The lowest BCUT2D eigenvalue weighted by molar-refractivity contribution is 0.0939. The minimum absolute atomic E-state index is 0.0951. The third kappa shape index (κ3) is 5.29. The van der Waals surface area contributed by atoms with Crippen LogP contribution in [-0.4, -0.2) is 20.1 Å². The number of ether oxygens (including phenoxy) is 3. The third-order valence-electron chi connectivity index (χ3n) is 4.63. The molecular weight excluding hydrogens is 366 g/mol. The van der Waals surface area contributed by atoms with Crippen LogP contribution in [0, 0.1) is 0 Å². The van der Waals surface area contributed by atoms with Gasteiger partial charge in [-0.2, -0.15) is 0 Å². The molecule has 0 aromatic heterocycles. The Labute approximate surface area is 171 Å². The van der Waals surface area contributed by atoms with Crippen LogP contribution in [0.4, 0.5) is 0 Å². The van der Waals surface area contributed by atoms with Gasteiger partial charge in [-0.15, -0.1) is 0 Å². The van der Waals surface area contributed by atoms with Crippen molar-refractivity contribution in [2.45, 2.75) is 19.6 Å². The van der Waals surface area contributed by atoms with Gasteiger partial charge in [-0.05, 0) is 42.8 Å². The Morgan fingerprint density at radius 1 is 0.897 bits per heavy atom. The fraction of sp³-hybridized carbons (Fsp3) is 0.208. The van der Waals surface area contributed by atoms with Crippen LogP contribution in [0.15, 0.2) is 72.8 Å². The number of carbonyl (C=O) groups excluding carboxylic acids is 1. The van der Waals surface area contributed by atoms with E-state index in [9.17, 15) is 4.79 Å². The number of rotatable bonds is 8. The van der Waals surface area contributed by atoms with Crippen LogP contribution in [0.3, 0.4) is 0 Å². The number of nitrogens with one attached hydrogen (secondary N) is 1. The van der Waals surface area contributed by atoms with E-state index < -0.39 is 0 Å². The highest BCUT2D eigenvalue weighted by atomic mass is 16.5. The summed E-state index contributed by atoms with van der Waals surface area (Å²) in [7, 11) is 3.21. The quantitative estimate of drug-likeness (QED) is 0.601. The van der Waals surface area contributed by atoms with E-state index in [-0.39, 0.29) is 18.6 Å². The maximum absolute atomic E-state index is 12.7. The van der Waals surface area contributed by atoms with E-state index >= 15 is 0 Å². The molecule has 1 atom stereocenters. The first-order valence-electron chi connectivity index (χ1n) is 9.40. The molecule has 3 rings (SSSR count). The fourth-order valence-electron chi connectivity index (χ4n) is 2.99. The highest BCUT2D eigenvalue weighted by Gasteiger charge is 2.14. The summed E-state index contributed by atoms with van der Waals surface area (Å²) in [5.41, 5.74) is 2.39. The van der Waals surface area contributed by atoms with Crippen molar-refractivity contribution in [3.05, 3.63) is 89.5 Å². The van der Waals surface area contributed by atoms with Crippen molar-refractivity contribution in [3.8, 4) is 17.2 Å². The second-order valence-electron chi connectivity index (χ2n) is 6.60. The van der Waals surface area contributed by atoms with Crippen LogP contribution in [0.5, 0.6) is 17.2 Å². The first-order valence-corrected chi connectivity index (χ1v) is 9.40. The number of carbonyl (C=O) groups is 1. The van der Waals surface area contributed by atoms with Crippen molar-refractivity contribution in [2.24, 2.45) is 0 Å². The molecule has 0 bridgehead atoms. The van der Waals surface area contributed by atoms with Gasteiger partial charge in [0, 0.05) is 17.2 Å². The van der Waals surface area contributed by atoms with Crippen LogP contribution in [0.2, 0.25) is 0 Å². The predicted molar refractivity (Wildman–Crippen MR) is 113 cm³/mol. The van der Waals surface area contributed by atoms with Gasteiger partial charge in [0.2, 0.25) is 0 Å². The Hall–Kier alpha value is -3.47. The first-order chi connectivity index (χ1) is 14.1. The Kier molecular flexibility index (Phi) is 6.74. The molecule has 0 heterocycles. The zero-order valence-electron chi connectivity index (χ0n) is 16.8. The van der Waals surface area contributed by atoms with Gasteiger partial charge in [0.05, 0.1) is 20.3 Å². The molecule has 3 aromatic carbocycles. The standard InChI is InChI=1S/C24H25NO4/c1-17(18-8-5-4-6-9-18)25-24(26)19-12-13-23(28-3)20(14-19)16-29-22-11-7-10-21(15-22)27-2/h4-15,17H,16H2,1-3H3,(H,25,26)/t17-/m0/s1. The highest BCUT2D eigenvalue weighted by Crippen LogP contribution is 2.24. The topological polar surface area (TPSA) is 56.8 Å². The molecule has 0 aliphatic rings. The van der Waals surface area contributed by atoms with E-state index in [1.54, 1.807) is 32.4 Å². The number of hydrogen-bond acceptors (Lipinski definition) is 4. The zero-order chi connectivity index (χ0) is 20.6. The average Bonchev–Trinajstić information content (AvgIpc) is 2.78. The van der Waals surface area contributed by atoms with Gasteiger partial charge in [0.25, 0.3) is 5.91 Å². The Morgan fingerprint density at radius 3 is 2.38 bits per heavy atom. The van der Waals surface area contributed by atoms with Crippen LogP contribution >= 0.6 is 0 Å². The molecule has 0 spiro atoms. The number of benzene rings is 3. The summed E-state index contributed by atoms with van der Waals surface area (Å²) in [6.45, 7) is 2.23. The molecule has 0 aliphatic carbocycles. The van der Waals surface area contributed by atoms with Crippen molar-refractivity contribution in [1.82, 2.24) is 5.32 Å². The summed E-state index contributed by atoms with van der Waals surface area (Å²) >= 11 is 0. The Morgan fingerprint density at radius 2 is 1.66 bits per heavy atom. The van der Waals surface area contributed by atoms with E-state index in [0.717, 1.165) is 16.9 Å². The third-order valence-corrected chi connectivity index (χ3v) is 4.63. The summed E-state index contributed by atoms with van der Waals surface area (Å²) in [6.07, 6.45) is 0. The molecule has 29 heavy (non-hydrogen) atoms. The van der Waals surface area contributed by atoms with Gasteiger partial charge in [0.15, 0.2) is 0 Å². The molecule has 5 nitrogen and oxygen atoms in total. The summed E-state index contributed by atoms with van der Waals surface area (Å²) in [5.74, 6) is 1.92. The maximum atomic E-state index is 12.7. The second kappa shape index (κ2) is 9.64. The summed E-state index contributed by atoms with van der Waals surface area (Å²) in [5, 5.41) is 3.03. The summed E-state index contributed by atoms with van der Waals surface area (Å²) < 4.78 is 16.5. The summed E-state index contributed by atoms with van der Waals surface area (Å²) in [6, 6.07) is 22.5. The van der Waals surface area contributed by atoms with E-state index in [1.807, 2.05) is 61.5 Å². The number of methoxy groups -OCH3 is 2. The molecule has 0 radical (unpaired) electrons. The lowest BCUT2D eigenvalue weighted by atomic mass is 10.1. The van der Waals surface area contributed by atoms with Crippen molar-refractivity contribution >= 4 is 5.91 Å². The lowest BCUT2D eigenvalue weighted by Gasteiger charge is -2.16. The molecule has 0 aliphatic heterocycles. The van der Waals surface area contributed by atoms with Crippen molar-refractivity contribution in [1.29, 1.82) is 0 Å². The highest BCUT2D eigenvalue weighted by molar-refractivity contribution is 5.94. The second-order valence-corrected chi connectivity index (χ2v) is 6.60. The van der Waals surface area contributed by atoms with Gasteiger partial charge < -0.3 is 19.5 Å². The van der Waals surface area contributed by atoms with E-state index in [2.05, 4.69) is 5.32 Å². The van der Waals surface area contributed by atoms with Gasteiger partial charge in [0.1, 0.15) is 23.9 Å². The van der Waals surface area contributed by atoms with Crippen molar-refractivity contribution in [2.75, 3.05) is 14.2 Å². The molecule has 3 aromatic rings. The van der Waals surface area contributed by atoms with Crippen molar-refractivity contribution in [3.63, 3.8) is 0 Å². The monoisotopic (exact) mass is 391 g/mol. The number of hydrogen-bond donors (Lipinski definition) is 1. The fourth-order valence-corrected chi connectivity index (χ4v) is 2.99. The first kappa shape index (κ1) is 20.3.